The van der Waals surface area contributed by atoms with E-state index in [4.69, 9.17) is 30.8 Å². The Labute approximate surface area is 428 Å². The van der Waals surface area contributed by atoms with Crippen LogP contribution in [0.4, 0.5) is 13.2 Å². The van der Waals surface area contributed by atoms with E-state index in [0.717, 1.165) is 88.9 Å². The molecule has 0 radical (unpaired) electrons. The van der Waals surface area contributed by atoms with Crippen molar-refractivity contribution >= 4 is 11.9 Å². The summed E-state index contributed by atoms with van der Waals surface area (Å²) in [6.45, 7) is 13.0. The number of nitrogens with zero attached hydrogens (tertiary/aromatic N) is 1. The van der Waals surface area contributed by atoms with Gasteiger partial charge in [0.15, 0.2) is 0 Å². The maximum atomic E-state index is 13.3. The summed E-state index contributed by atoms with van der Waals surface area (Å²) in [4.78, 5) is 22.1. The number of halogens is 3. The zero-order valence-electron chi connectivity index (χ0n) is 45.6. The van der Waals surface area contributed by atoms with Crippen LogP contribution in [0.1, 0.15) is 219 Å². The topological polar surface area (TPSA) is 164 Å². The van der Waals surface area contributed by atoms with E-state index >= 15 is 0 Å². The number of amides is 1. The number of allylic oxidation sites excluding steroid dienone is 4. The molecule has 1 amide bonds. The van der Waals surface area contributed by atoms with Gasteiger partial charge in [0, 0.05) is 13.2 Å². The SMILES string of the molecule is CCCCCCCC/C=C\CCCCCCCCOCC(C[N+](C)(C)CCNC(=O)C(CCCNCCCN)NCCCN)OCCCCCCCC/C=C\CCCCCCCC.O=C([O-])C(F)(F)F. The average molecular weight is 1010 g/mol. The molecule has 0 aliphatic rings. The molecule has 0 saturated carbocycles. The molecule has 2 unspecified atom stereocenters. The van der Waals surface area contributed by atoms with Crippen LogP contribution in [-0.4, -0.2) is 121 Å². The number of alkyl halides is 3. The minimum Gasteiger partial charge on any atom is -0.542 e. The maximum absolute atomic E-state index is 13.3. The zero-order valence-corrected chi connectivity index (χ0v) is 45.6. The molecule has 14 heteroatoms. The lowest BCUT2D eigenvalue weighted by molar-refractivity contribution is -0.892. The van der Waals surface area contributed by atoms with E-state index in [9.17, 15) is 18.0 Å². The molecule has 0 heterocycles. The summed E-state index contributed by atoms with van der Waals surface area (Å²) in [7, 11) is 4.50. The summed E-state index contributed by atoms with van der Waals surface area (Å²) < 4.78 is 45.2. The Balaban J connectivity index is 0. The zero-order chi connectivity index (χ0) is 52.1. The number of hydrogen-bond donors (Lipinski definition) is 5. The third kappa shape index (κ3) is 53.7. The van der Waals surface area contributed by atoms with Crippen molar-refractivity contribution in [2.75, 3.05) is 86.3 Å². The predicted molar refractivity (Wildman–Crippen MR) is 287 cm³/mol. The first-order chi connectivity index (χ1) is 33.8. The van der Waals surface area contributed by atoms with Gasteiger partial charge >= 0.3 is 6.18 Å². The van der Waals surface area contributed by atoms with E-state index < -0.39 is 12.1 Å². The van der Waals surface area contributed by atoms with Crippen molar-refractivity contribution < 1.29 is 41.8 Å². The van der Waals surface area contributed by atoms with Crippen LogP contribution in [0, 0.1) is 0 Å². The Bertz CT molecular complexity index is 1180. The normalized spacial score (nSPS) is 13.0. The number of ether oxygens (including phenoxy) is 2. The standard InChI is InChI=1S/C54H110N6O3.C2HF3O2/c1-5-7-9-11-13-15-17-19-21-23-25-27-29-31-33-35-48-62-51-52(63-49-36-34-32-30-28-26-24-22-20-18-16-14-12-10-8-6-2)50-60(3,4)47-46-59-54(61)53(58-45-39-42-56)40-37-43-57-44-38-41-55;3-2(4,5)1(6)7/h19-22,52-53,57-58H,5-18,23-51,55-56H2,1-4H3;(H,6,7)/b21-19-,22-20-;. The number of carbonyl (C=O) groups is 2. The second-order valence-electron chi connectivity index (χ2n) is 20.0. The summed E-state index contributed by atoms with van der Waals surface area (Å²) in [5.74, 6) is -2.92. The van der Waals surface area contributed by atoms with Gasteiger partial charge in [-0.15, -0.1) is 0 Å². The molecule has 70 heavy (non-hydrogen) atoms. The molecule has 0 spiro atoms. The Morgan fingerprint density at radius 3 is 1.46 bits per heavy atom. The van der Waals surface area contributed by atoms with Gasteiger partial charge in [-0.25, -0.2) is 0 Å². The first-order valence-electron chi connectivity index (χ1n) is 28.6. The first-order valence-corrected chi connectivity index (χ1v) is 28.6. The summed E-state index contributed by atoms with van der Waals surface area (Å²) in [5.41, 5.74) is 11.4. The van der Waals surface area contributed by atoms with E-state index in [1.54, 1.807) is 0 Å². The largest absolute Gasteiger partial charge is 0.542 e. The van der Waals surface area contributed by atoms with Crippen LogP contribution in [0.3, 0.4) is 0 Å². The van der Waals surface area contributed by atoms with Gasteiger partial charge in [-0.05, 0) is 123 Å². The van der Waals surface area contributed by atoms with E-state index in [1.807, 2.05) is 0 Å². The Morgan fingerprint density at radius 2 is 1.00 bits per heavy atom. The number of carbonyl (C=O) groups excluding carboxylic acids is 2. The Kier molecular flexibility index (Phi) is 53.2. The Hall–Kier alpha value is -2.07. The van der Waals surface area contributed by atoms with Crippen molar-refractivity contribution in [3.05, 3.63) is 24.3 Å². The van der Waals surface area contributed by atoms with Crippen LogP contribution in [0.2, 0.25) is 0 Å². The van der Waals surface area contributed by atoms with Gasteiger partial charge in [-0.2, -0.15) is 13.2 Å². The number of likely N-dealkylation sites (N-methyl/N-ethyl adjacent to an activating group) is 1. The molecule has 0 rings (SSSR count). The van der Waals surface area contributed by atoms with E-state index in [-0.39, 0.29) is 18.1 Å². The van der Waals surface area contributed by atoms with Crippen molar-refractivity contribution in [3.63, 3.8) is 0 Å². The van der Waals surface area contributed by atoms with Gasteiger partial charge < -0.3 is 51.3 Å². The number of aliphatic carboxylic acids is 1. The van der Waals surface area contributed by atoms with Gasteiger partial charge in [0.2, 0.25) is 5.91 Å². The molecule has 0 fully saturated rings. The minimum atomic E-state index is -5.19. The van der Waals surface area contributed by atoms with Crippen LogP contribution < -0.4 is 32.5 Å². The maximum Gasteiger partial charge on any atom is 0.430 e. The van der Waals surface area contributed by atoms with E-state index in [2.05, 4.69) is 68.2 Å². The molecule has 0 aromatic rings. The minimum absolute atomic E-state index is 0.0467. The summed E-state index contributed by atoms with van der Waals surface area (Å²) >= 11 is 0. The van der Waals surface area contributed by atoms with Gasteiger partial charge in [0.25, 0.3) is 0 Å². The van der Waals surface area contributed by atoms with Crippen LogP contribution in [-0.2, 0) is 19.1 Å². The molecular formula is C56H111F3N6O5. The molecule has 416 valence electrons. The molecule has 11 nitrogen and oxygen atoms in total. The molecule has 0 aromatic heterocycles. The lowest BCUT2D eigenvalue weighted by Crippen LogP contribution is -2.52. The second-order valence-corrected chi connectivity index (χ2v) is 20.0. The molecule has 7 N–H and O–H groups in total. The summed E-state index contributed by atoms with van der Waals surface area (Å²) in [6, 6.07) is -0.203. The van der Waals surface area contributed by atoms with Crippen molar-refractivity contribution in [2.45, 2.75) is 238 Å². The third-order valence-corrected chi connectivity index (χ3v) is 12.6. The quantitative estimate of drug-likeness (QED) is 0.0227. The van der Waals surface area contributed by atoms with E-state index in [1.165, 1.54) is 167 Å². The van der Waals surface area contributed by atoms with Crippen molar-refractivity contribution in [2.24, 2.45) is 11.5 Å². The number of carboxylic acids is 1. The highest BCUT2D eigenvalue weighted by atomic mass is 19.4. The smallest absolute Gasteiger partial charge is 0.430 e. The second kappa shape index (κ2) is 53.2. The number of nitrogens with two attached hydrogens (primary N) is 2. The molecule has 0 aliphatic carbocycles. The molecule has 0 aromatic carbocycles. The highest BCUT2D eigenvalue weighted by molar-refractivity contribution is 5.81. The fourth-order valence-corrected chi connectivity index (χ4v) is 8.15. The lowest BCUT2D eigenvalue weighted by atomic mass is 10.1. The third-order valence-electron chi connectivity index (χ3n) is 12.6. The first kappa shape index (κ1) is 70.0. The molecule has 0 bridgehead atoms. The average Bonchev–Trinajstić information content (AvgIpc) is 3.32. The lowest BCUT2D eigenvalue weighted by Gasteiger charge is -2.33. The molecule has 2 atom stereocenters. The van der Waals surface area contributed by atoms with Gasteiger partial charge in [0.1, 0.15) is 18.6 Å². The Morgan fingerprint density at radius 1 is 0.586 bits per heavy atom. The predicted octanol–water partition coefficient (Wildman–Crippen LogP) is 11.0. The number of quaternary nitrogens is 1. The van der Waals surface area contributed by atoms with Crippen LogP contribution >= 0.6 is 0 Å². The highest BCUT2D eigenvalue weighted by Gasteiger charge is 2.29. The molecular weight excluding hydrogens is 894 g/mol. The number of nitrogens with one attached hydrogen (secondary N) is 3. The molecule has 0 aliphatic heterocycles. The van der Waals surface area contributed by atoms with E-state index in [0.29, 0.717) is 26.2 Å². The monoisotopic (exact) mass is 1000 g/mol. The van der Waals surface area contributed by atoms with Crippen LogP contribution in [0.5, 0.6) is 0 Å². The van der Waals surface area contributed by atoms with Crippen molar-refractivity contribution in [1.29, 1.82) is 0 Å². The summed E-state index contributed by atoms with van der Waals surface area (Å²) in [5, 5.41) is 18.9. The number of hydrogen-bond acceptors (Lipinski definition) is 9. The van der Waals surface area contributed by atoms with Gasteiger partial charge in [0.05, 0.1) is 39.8 Å². The van der Waals surface area contributed by atoms with Gasteiger partial charge in [-0.1, -0.05) is 154 Å². The highest BCUT2D eigenvalue weighted by Crippen LogP contribution is 2.14. The van der Waals surface area contributed by atoms with Crippen LogP contribution in [0.25, 0.3) is 0 Å². The summed E-state index contributed by atoms with van der Waals surface area (Å²) in [6.07, 6.45) is 44.8. The van der Waals surface area contributed by atoms with Crippen LogP contribution in [0.15, 0.2) is 24.3 Å². The fraction of sp³-hybridized carbons (Fsp3) is 0.893. The van der Waals surface area contributed by atoms with Crippen molar-refractivity contribution in [3.8, 4) is 0 Å². The fourth-order valence-electron chi connectivity index (χ4n) is 8.15. The van der Waals surface area contributed by atoms with Crippen molar-refractivity contribution in [1.82, 2.24) is 16.0 Å². The number of rotatable bonds is 52. The molecule has 0 saturated heterocycles. The number of carboxylic acid groups (broad SMARTS) is 1. The number of unbranched alkanes of at least 4 members (excludes halogenated alkanes) is 24. The van der Waals surface area contributed by atoms with Gasteiger partial charge in [-0.3, -0.25) is 4.79 Å².